The van der Waals surface area contributed by atoms with Crippen molar-refractivity contribution < 1.29 is 17.9 Å². The SMILES string of the molecule is CN=C(NCCCNc1ccc(C(F)(F)F)cn1)NCC1CCCO1. The largest absolute Gasteiger partial charge is 0.417 e. The zero-order valence-electron chi connectivity index (χ0n) is 14.2. The highest BCUT2D eigenvalue weighted by atomic mass is 19.4. The van der Waals surface area contributed by atoms with E-state index in [4.69, 9.17) is 4.74 Å². The van der Waals surface area contributed by atoms with Crippen molar-refractivity contribution in [2.45, 2.75) is 31.5 Å². The smallest absolute Gasteiger partial charge is 0.376 e. The zero-order valence-corrected chi connectivity index (χ0v) is 14.2. The lowest BCUT2D eigenvalue weighted by Crippen LogP contribution is -2.41. The van der Waals surface area contributed by atoms with Crippen molar-refractivity contribution in [3.8, 4) is 0 Å². The minimum absolute atomic E-state index is 0.242. The molecule has 9 heteroatoms. The van der Waals surface area contributed by atoms with Crippen LogP contribution in [-0.2, 0) is 10.9 Å². The van der Waals surface area contributed by atoms with Gasteiger partial charge in [-0.15, -0.1) is 0 Å². The van der Waals surface area contributed by atoms with Gasteiger partial charge in [0.2, 0.25) is 0 Å². The van der Waals surface area contributed by atoms with Crippen molar-refractivity contribution in [3.05, 3.63) is 23.9 Å². The number of halogens is 3. The maximum absolute atomic E-state index is 12.4. The summed E-state index contributed by atoms with van der Waals surface area (Å²) < 4.78 is 42.9. The van der Waals surface area contributed by atoms with Crippen LogP contribution >= 0.6 is 0 Å². The molecular weight excluding hydrogens is 335 g/mol. The Balaban J connectivity index is 1.60. The van der Waals surface area contributed by atoms with E-state index >= 15 is 0 Å². The van der Waals surface area contributed by atoms with Crippen LogP contribution in [0.5, 0.6) is 0 Å². The molecule has 0 radical (unpaired) electrons. The minimum atomic E-state index is -4.36. The lowest BCUT2D eigenvalue weighted by molar-refractivity contribution is -0.137. The van der Waals surface area contributed by atoms with Crippen molar-refractivity contribution in [2.75, 3.05) is 38.6 Å². The summed E-state index contributed by atoms with van der Waals surface area (Å²) in [6.45, 7) is 2.82. The maximum Gasteiger partial charge on any atom is 0.417 e. The first-order valence-electron chi connectivity index (χ1n) is 8.32. The Morgan fingerprint density at radius 2 is 2.16 bits per heavy atom. The third kappa shape index (κ3) is 6.77. The molecular formula is C16H24F3N5O. The second kappa shape index (κ2) is 9.45. The number of nitrogens with one attached hydrogen (secondary N) is 3. The van der Waals surface area contributed by atoms with Gasteiger partial charge in [-0.1, -0.05) is 0 Å². The molecule has 0 aromatic carbocycles. The second-order valence-corrected chi connectivity index (χ2v) is 5.73. The molecule has 1 unspecified atom stereocenters. The highest BCUT2D eigenvalue weighted by Crippen LogP contribution is 2.28. The Labute approximate surface area is 145 Å². The summed E-state index contributed by atoms with van der Waals surface area (Å²) in [4.78, 5) is 7.90. The Morgan fingerprint density at radius 1 is 1.32 bits per heavy atom. The van der Waals surface area contributed by atoms with Gasteiger partial charge < -0.3 is 20.7 Å². The van der Waals surface area contributed by atoms with E-state index in [0.29, 0.717) is 24.9 Å². The number of aliphatic imine (C=N–C) groups is 1. The van der Waals surface area contributed by atoms with Crippen LogP contribution in [-0.4, -0.2) is 50.3 Å². The Bertz CT molecular complexity index is 542. The molecule has 2 heterocycles. The molecule has 2 rings (SSSR count). The first-order valence-corrected chi connectivity index (χ1v) is 8.32. The summed E-state index contributed by atoms with van der Waals surface area (Å²) in [6, 6.07) is 2.35. The molecule has 25 heavy (non-hydrogen) atoms. The summed E-state index contributed by atoms with van der Waals surface area (Å²) in [5.74, 6) is 1.14. The van der Waals surface area contributed by atoms with Crippen LogP contribution in [0.4, 0.5) is 19.0 Å². The van der Waals surface area contributed by atoms with Crippen LogP contribution in [0.3, 0.4) is 0 Å². The van der Waals surface area contributed by atoms with E-state index in [-0.39, 0.29) is 6.10 Å². The van der Waals surface area contributed by atoms with Gasteiger partial charge in [0.1, 0.15) is 5.82 Å². The van der Waals surface area contributed by atoms with Crippen molar-refractivity contribution >= 4 is 11.8 Å². The van der Waals surface area contributed by atoms with E-state index in [1.54, 1.807) is 7.05 Å². The Kier molecular flexibility index (Phi) is 7.30. The van der Waals surface area contributed by atoms with Crippen LogP contribution in [0.2, 0.25) is 0 Å². The fraction of sp³-hybridized carbons (Fsp3) is 0.625. The molecule has 0 saturated carbocycles. The fourth-order valence-electron chi connectivity index (χ4n) is 2.41. The molecule has 1 fully saturated rings. The summed E-state index contributed by atoms with van der Waals surface area (Å²) >= 11 is 0. The van der Waals surface area contributed by atoms with Gasteiger partial charge >= 0.3 is 6.18 Å². The number of hydrogen-bond acceptors (Lipinski definition) is 4. The van der Waals surface area contributed by atoms with E-state index < -0.39 is 11.7 Å². The van der Waals surface area contributed by atoms with E-state index in [1.807, 2.05) is 0 Å². The second-order valence-electron chi connectivity index (χ2n) is 5.73. The lowest BCUT2D eigenvalue weighted by atomic mass is 10.2. The number of pyridine rings is 1. The molecule has 1 atom stereocenters. The van der Waals surface area contributed by atoms with Crippen molar-refractivity contribution in [2.24, 2.45) is 4.99 Å². The zero-order chi connectivity index (χ0) is 18.1. The Morgan fingerprint density at radius 3 is 2.76 bits per heavy atom. The van der Waals surface area contributed by atoms with Gasteiger partial charge in [-0.25, -0.2) is 4.98 Å². The molecule has 6 nitrogen and oxygen atoms in total. The molecule has 140 valence electrons. The van der Waals surface area contributed by atoms with Crippen molar-refractivity contribution in [1.29, 1.82) is 0 Å². The number of guanidine groups is 1. The topological polar surface area (TPSA) is 70.6 Å². The molecule has 0 spiro atoms. The molecule has 1 saturated heterocycles. The van der Waals surface area contributed by atoms with E-state index in [2.05, 4.69) is 25.9 Å². The Hall–Kier alpha value is -2.03. The van der Waals surface area contributed by atoms with Crippen LogP contribution in [0.15, 0.2) is 23.3 Å². The lowest BCUT2D eigenvalue weighted by Gasteiger charge is -2.15. The van der Waals surface area contributed by atoms with Crippen LogP contribution in [0, 0.1) is 0 Å². The molecule has 0 bridgehead atoms. The van der Waals surface area contributed by atoms with Gasteiger partial charge in [0.15, 0.2) is 5.96 Å². The van der Waals surface area contributed by atoms with Crippen molar-refractivity contribution in [1.82, 2.24) is 15.6 Å². The summed E-state index contributed by atoms with van der Waals surface area (Å²) in [7, 11) is 1.70. The van der Waals surface area contributed by atoms with Crippen molar-refractivity contribution in [3.63, 3.8) is 0 Å². The molecule has 1 aliphatic heterocycles. The van der Waals surface area contributed by atoms with Gasteiger partial charge in [-0.2, -0.15) is 13.2 Å². The number of nitrogens with zero attached hydrogens (tertiary/aromatic N) is 2. The fourth-order valence-corrected chi connectivity index (χ4v) is 2.41. The highest BCUT2D eigenvalue weighted by molar-refractivity contribution is 5.79. The summed E-state index contributed by atoms with van der Waals surface area (Å²) in [5.41, 5.74) is -0.749. The monoisotopic (exact) mass is 359 g/mol. The number of rotatable bonds is 7. The average molecular weight is 359 g/mol. The minimum Gasteiger partial charge on any atom is -0.376 e. The first-order chi connectivity index (χ1) is 12.0. The number of alkyl halides is 3. The summed E-state index contributed by atoms with van der Waals surface area (Å²) in [5, 5.41) is 9.39. The molecule has 3 N–H and O–H groups in total. The van der Waals surface area contributed by atoms with Gasteiger partial charge in [-0.3, -0.25) is 4.99 Å². The number of hydrogen-bond donors (Lipinski definition) is 3. The molecule has 1 aromatic heterocycles. The maximum atomic E-state index is 12.4. The van der Waals surface area contributed by atoms with Crippen LogP contribution in [0.25, 0.3) is 0 Å². The van der Waals surface area contributed by atoms with Gasteiger partial charge in [0, 0.05) is 39.5 Å². The standard InChI is InChI=1S/C16H24F3N5O/c1-20-15(24-11-13-4-2-9-25-13)22-8-3-7-21-14-6-5-12(10-23-14)16(17,18)19/h5-6,10,13H,2-4,7-9,11H2,1H3,(H,21,23)(H2,20,22,24). The van der Waals surface area contributed by atoms with Crippen LogP contribution in [0.1, 0.15) is 24.8 Å². The first kappa shape index (κ1) is 19.3. The predicted molar refractivity (Wildman–Crippen MR) is 90.7 cm³/mol. The molecule has 1 aromatic rings. The molecule has 1 aliphatic rings. The quantitative estimate of drug-likeness (QED) is 0.396. The van der Waals surface area contributed by atoms with Gasteiger partial charge in [-0.05, 0) is 31.4 Å². The van der Waals surface area contributed by atoms with Crippen LogP contribution < -0.4 is 16.0 Å². The normalized spacial score (nSPS) is 18.2. The molecule has 0 amide bonds. The molecule has 0 aliphatic carbocycles. The van der Waals surface area contributed by atoms with E-state index in [1.165, 1.54) is 6.07 Å². The van der Waals surface area contributed by atoms with Gasteiger partial charge in [0.25, 0.3) is 0 Å². The number of aromatic nitrogens is 1. The third-order valence-electron chi connectivity index (χ3n) is 3.79. The van der Waals surface area contributed by atoms with E-state index in [0.717, 1.165) is 44.7 Å². The number of ether oxygens (including phenoxy) is 1. The average Bonchev–Trinajstić information content (AvgIpc) is 3.10. The predicted octanol–water partition coefficient (Wildman–Crippen LogP) is 2.25. The van der Waals surface area contributed by atoms with E-state index in [9.17, 15) is 13.2 Å². The number of anilines is 1. The van der Waals surface area contributed by atoms with Gasteiger partial charge in [0.05, 0.1) is 11.7 Å². The summed E-state index contributed by atoms with van der Waals surface area (Å²) in [6.07, 6.45) is -0.357. The third-order valence-corrected chi connectivity index (χ3v) is 3.79. The highest BCUT2D eigenvalue weighted by Gasteiger charge is 2.30.